The largest absolute Gasteiger partial charge is 0.365 e. The van der Waals surface area contributed by atoms with E-state index < -0.39 is 21.7 Å². The van der Waals surface area contributed by atoms with E-state index in [1.807, 2.05) is 0 Å². The average molecular weight is 545 g/mol. The monoisotopic (exact) mass is 545 g/mol. The lowest BCUT2D eigenvalue weighted by molar-refractivity contribution is 0.424. The molecule has 0 amide bonds. The highest BCUT2D eigenvalue weighted by Crippen LogP contribution is 2.26. The molecule has 1 heterocycles. The van der Waals surface area contributed by atoms with E-state index >= 15 is 0 Å². The number of anilines is 1. The number of nitrogens with one attached hydrogen (secondary N) is 2. The van der Waals surface area contributed by atoms with Crippen molar-refractivity contribution in [3.8, 4) is 0 Å². The fourth-order valence-electron chi connectivity index (χ4n) is 3.28. The van der Waals surface area contributed by atoms with E-state index in [0.717, 1.165) is 6.42 Å². The quantitative estimate of drug-likeness (QED) is 0.226. The van der Waals surface area contributed by atoms with E-state index in [4.69, 9.17) is 0 Å². The number of rotatable bonds is 8. The van der Waals surface area contributed by atoms with Gasteiger partial charge in [0.1, 0.15) is 17.3 Å². The van der Waals surface area contributed by atoms with Crippen LogP contribution in [0.4, 0.5) is 14.5 Å². The number of sulfonamides is 1. The first-order valence-electron chi connectivity index (χ1n) is 9.37. The standard InChI is InChI=1S/C18H29F2N5O2S.HI/c1-4-25(28(3,26)27)11-6-10-22-18(21-2)23-14-9-12-24(13-14)17-15(19)7-5-8-16(17)20;/h5,7-8,14H,4,6,9-13H2,1-3H3,(H2,21,22,23);1H. The summed E-state index contributed by atoms with van der Waals surface area (Å²) < 4.78 is 52.5. The van der Waals surface area contributed by atoms with Crippen molar-refractivity contribution in [3.05, 3.63) is 29.8 Å². The predicted octanol–water partition coefficient (Wildman–Crippen LogP) is 2.00. The number of guanidine groups is 1. The Balaban J connectivity index is 0.00000420. The maximum atomic E-state index is 14.0. The first-order chi connectivity index (χ1) is 13.3. The molecule has 166 valence electrons. The molecule has 11 heteroatoms. The molecule has 7 nitrogen and oxygen atoms in total. The number of halogens is 3. The predicted molar refractivity (Wildman–Crippen MR) is 124 cm³/mol. The summed E-state index contributed by atoms with van der Waals surface area (Å²) in [7, 11) is -1.54. The lowest BCUT2D eigenvalue weighted by Crippen LogP contribution is -2.45. The summed E-state index contributed by atoms with van der Waals surface area (Å²) >= 11 is 0. The molecule has 1 saturated heterocycles. The SMILES string of the molecule is CCN(CCCNC(=NC)NC1CCN(c2c(F)cccc2F)C1)S(C)(=O)=O.I. The topological polar surface area (TPSA) is 77.0 Å². The summed E-state index contributed by atoms with van der Waals surface area (Å²) in [4.78, 5) is 5.86. The van der Waals surface area contributed by atoms with Crippen molar-refractivity contribution in [1.82, 2.24) is 14.9 Å². The molecule has 2 N–H and O–H groups in total. The Morgan fingerprint density at radius 1 is 1.34 bits per heavy atom. The third kappa shape index (κ3) is 7.52. The van der Waals surface area contributed by atoms with Crippen LogP contribution in [-0.2, 0) is 10.0 Å². The van der Waals surface area contributed by atoms with Crippen LogP contribution >= 0.6 is 24.0 Å². The Kier molecular flexibility index (Phi) is 10.5. The van der Waals surface area contributed by atoms with Crippen molar-refractivity contribution in [2.75, 3.05) is 50.9 Å². The number of benzene rings is 1. The minimum Gasteiger partial charge on any atom is -0.365 e. The number of hydrogen-bond donors (Lipinski definition) is 2. The zero-order valence-electron chi connectivity index (χ0n) is 17.0. The third-order valence-corrected chi connectivity index (χ3v) is 6.08. The fourth-order valence-corrected chi connectivity index (χ4v) is 4.21. The Bertz CT molecular complexity index is 774. The molecule has 0 radical (unpaired) electrons. The summed E-state index contributed by atoms with van der Waals surface area (Å²) in [6.45, 7) is 4.26. The van der Waals surface area contributed by atoms with Crippen molar-refractivity contribution in [1.29, 1.82) is 0 Å². The minimum absolute atomic E-state index is 0. The highest BCUT2D eigenvalue weighted by atomic mass is 127. The molecule has 29 heavy (non-hydrogen) atoms. The van der Waals surface area contributed by atoms with Crippen LogP contribution in [0.5, 0.6) is 0 Å². The number of nitrogens with zero attached hydrogens (tertiary/aromatic N) is 3. The Morgan fingerprint density at radius 3 is 2.55 bits per heavy atom. The summed E-state index contributed by atoms with van der Waals surface area (Å²) in [5.74, 6) is -0.535. The van der Waals surface area contributed by atoms with Crippen LogP contribution in [0, 0.1) is 11.6 Å². The maximum Gasteiger partial charge on any atom is 0.211 e. The molecule has 0 saturated carbocycles. The molecule has 1 unspecified atom stereocenters. The molecule has 1 aromatic rings. The average Bonchev–Trinajstić information content (AvgIpc) is 3.07. The van der Waals surface area contributed by atoms with Gasteiger partial charge in [-0.25, -0.2) is 21.5 Å². The van der Waals surface area contributed by atoms with Crippen molar-refractivity contribution in [3.63, 3.8) is 0 Å². The lowest BCUT2D eigenvalue weighted by Gasteiger charge is -2.21. The van der Waals surface area contributed by atoms with Crippen molar-refractivity contribution >= 4 is 45.6 Å². The number of aliphatic imine (C=N–C) groups is 1. The molecular weight excluding hydrogens is 515 g/mol. The number of hydrogen-bond acceptors (Lipinski definition) is 4. The highest BCUT2D eigenvalue weighted by molar-refractivity contribution is 14.0. The third-order valence-electron chi connectivity index (χ3n) is 4.70. The molecule has 2 rings (SSSR count). The van der Waals surface area contributed by atoms with Gasteiger partial charge in [-0.05, 0) is 25.0 Å². The second kappa shape index (κ2) is 11.8. The molecule has 1 fully saturated rings. The van der Waals surface area contributed by atoms with Crippen LogP contribution in [0.1, 0.15) is 19.8 Å². The van der Waals surface area contributed by atoms with Gasteiger partial charge in [-0.2, -0.15) is 0 Å². The van der Waals surface area contributed by atoms with Gasteiger partial charge >= 0.3 is 0 Å². The van der Waals surface area contributed by atoms with Crippen LogP contribution in [0.15, 0.2) is 23.2 Å². The van der Waals surface area contributed by atoms with Gasteiger partial charge < -0.3 is 15.5 Å². The van der Waals surface area contributed by atoms with Crippen LogP contribution in [0.2, 0.25) is 0 Å². The molecule has 1 atom stereocenters. The van der Waals surface area contributed by atoms with E-state index in [9.17, 15) is 17.2 Å². The molecular formula is C18H30F2IN5O2S. The Morgan fingerprint density at radius 2 is 2.00 bits per heavy atom. The first kappa shape index (κ1) is 25.8. The smallest absolute Gasteiger partial charge is 0.211 e. The van der Waals surface area contributed by atoms with E-state index in [1.54, 1.807) is 18.9 Å². The van der Waals surface area contributed by atoms with Gasteiger partial charge in [0.15, 0.2) is 5.96 Å². The molecule has 0 aromatic heterocycles. The van der Waals surface area contributed by atoms with Gasteiger partial charge in [0.2, 0.25) is 10.0 Å². The molecule has 1 aliphatic heterocycles. The van der Waals surface area contributed by atoms with E-state index in [2.05, 4.69) is 15.6 Å². The van der Waals surface area contributed by atoms with E-state index in [-0.39, 0.29) is 35.7 Å². The molecule has 0 bridgehead atoms. The van der Waals surface area contributed by atoms with E-state index in [1.165, 1.54) is 28.8 Å². The van der Waals surface area contributed by atoms with Crippen molar-refractivity contribution in [2.45, 2.75) is 25.8 Å². The van der Waals surface area contributed by atoms with Crippen LogP contribution in [-0.4, -0.2) is 70.8 Å². The van der Waals surface area contributed by atoms with Crippen LogP contribution < -0.4 is 15.5 Å². The van der Waals surface area contributed by atoms with Crippen LogP contribution in [0.3, 0.4) is 0 Å². The van der Waals surface area contributed by atoms with Gasteiger partial charge in [0.25, 0.3) is 0 Å². The Labute approximate surface area is 189 Å². The van der Waals surface area contributed by atoms with E-state index in [0.29, 0.717) is 45.1 Å². The van der Waals surface area contributed by atoms with Crippen LogP contribution in [0.25, 0.3) is 0 Å². The van der Waals surface area contributed by atoms with Gasteiger partial charge in [0, 0.05) is 45.8 Å². The second-order valence-corrected chi connectivity index (χ2v) is 8.74. The first-order valence-corrected chi connectivity index (χ1v) is 11.2. The summed E-state index contributed by atoms with van der Waals surface area (Å²) in [6.07, 6.45) is 2.57. The van der Waals surface area contributed by atoms with Gasteiger partial charge in [-0.3, -0.25) is 4.99 Å². The van der Waals surface area contributed by atoms with Gasteiger partial charge in [0.05, 0.1) is 6.26 Å². The van der Waals surface area contributed by atoms with Crippen molar-refractivity contribution < 1.29 is 17.2 Å². The summed E-state index contributed by atoms with van der Waals surface area (Å²) in [5, 5.41) is 6.41. The fraction of sp³-hybridized carbons (Fsp3) is 0.611. The highest BCUT2D eigenvalue weighted by Gasteiger charge is 2.27. The van der Waals surface area contributed by atoms with Gasteiger partial charge in [-0.15, -0.1) is 24.0 Å². The molecule has 1 aliphatic rings. The molecule has 0 spiro atoms. The number of para-hydroxylation sites is 1. The Hall–Kier alpha value is -1.21. The van der Waals surface area contributed by atoms with Gasteiger partial charge in [-0.1, -0.05) is 13.0 Å². The maximum absolute atomic E-state index is 14.0. The zero-order chi connectivity index (χ0) is 20.7. The summed E-state index contributed by atoms with van der Waals surface area (Å²) in [6, 6.07) is 3.88. The van der Waals surface area contributed by atoms with Crippen molar-refractivity contribution in [2.24, 2.45) is 4.99 Å². The lowest BCUT2D eigenvalue weighted by atomic mass is 10.2. The summed E-state index contributed by atoms with van der Waals surface area (Å²) in [5.41, 5.74) is 0.00942. The zero-order valence-corrected chi connectivity index (χ0v) is 20.1. The molecule has 0 aliphatic carbocycles. The minimum atomic E-state index is -3.19. The molecule has 1 aromatic carbocycles. The second-order valence-electron chi connectivity index (χ2n) is 6.75. The normalized spacial score (nSPS) is 17.4.